The molecule has 1 saturated heterocycles. The number of likely N-dealkylation sites (tertiary alicyclic amines) is 1. The molecule has 0 bridgehead atoms. The topological polar surface area (TPSA) is 45.4 Å². The van der Waals surface area contributed by atoms with Crippen molar-refractivity contribution in [2.24, 2.45) is 5.73 Å². The Morgan fingerprint density at radius 2 is 2.16 bits per heavy atom. The lowest BCUT2D eigenvalue weighted by atomic mass is 10.0. The fourth-order valence-corrected chi connectivity index (χ4v) is 2.86. The van der Waals surface area contributed by atoms with Gasteiger partial charge in [-0.25, -0.2) is 4.98 Å². The molecule has 1 aromatic heterocycles. The molecule has 0 amide bonds. The van der Waals surface area contributed by atoms with E-state index in [0.29, 0.717) is 6.04 Å². The molecule has 0 saturated carbocycles. The summed E-state index contributed by atoms with van der Waals surface area (Å²) in [7, 11) is 2.15. The number of rotatable bonds is 4. The Hall–Kier alpha value is -1.13. The molecule has 1 aliphatic rings. The van der Waals surface area contributed by atoms with Gasteiger partial charge in [0.25, 0.3) is 0 Å². The van der Waals surface area contributed by atoms with Gasteiger partial charge in [-0.1, -0.05) is 13.0 Å². The van der Waals surface area contributed by atoms with E-state index < -0.39 is 0 Å². The molecule has 1 aliphatic heterocycles. The van der Waals surface area contributed by atoms with Gasteiger partial charge in [-0.05, 0) is 32.4 Å². The van der Waals surface area contributed by atoms with Crippen LogP contribution in [0.2, 0.25) is 0 Å². The molecule has 2 N–H and O–H groups in total. The van der Waals surface area contributed by atoms with Gasteiger partial charge in [0.15, 0.2) is 0 Å². The van der Waals surface area contributed by atoms with Crippen LogP contribution in [-0.2, 0) is 0 Å². The predicted molar refractivity (Wildman–Crippen MR) is 80.4 cm³/mol. The average Bonchev–Trinajstić information content (AvgIpc) is 2.46. The molecule has 0 unspecified atom stereocenters. The van der Waals surface area contributed by atoms with Crippen molar-refractivity contribution in [1.82, 2.24) is 9.88 Å². The minimum atomic E-state index is 0.0295. The molecule has 0 spiro atoms. The van der Waals surface area contributed by atoms with Gasteiger partial charge in [0, 0.05) is 44.0 Å². The highest BCUT2D eigenvalue weighted by atomic mass is 15.2. The molecule has 1 fully saturated rings. The first kappa shape index (κ1) is 14.3. The van der Waals surface area contributed by atoms with E-state index in [-0.39, 0.29) is 6.04 Å². The molecule has 1 atom stereocenters. The molecule has 0 aliphatic carbocycles. The Labute approximate surface area is 116 Å². The third-order valence-corrected chi connectivity index (χ3v) is 4.19. The molecule has 0 radical (unpaired) electrons. The monoisotopic (exact) mass is 262 g/mol. The number of nitrogens with two attached hydrogens (primary N) is 1. The standard InChI is InChI=1S/C15H26N4/c1-4-19-10-7-13(8-11-19)18(3)15-14(12(2)16)6-5-9-17-15/h5-6,9,12-13H,4,7-8,10-11,16H2,1-3H3/t12-/m0/s1. The van der Waals surface area contributed by atoms with Gasteiger partial charge >= 0.3 is 0 Å². The second-order valence-corrected chi connectivity index (χ2v) is 5.48. The van der Waals surface area contributed by atoms with Crippen molar-refractivity contribution in [3.63, 3.8) is 0 Å². The number of piperidine rings is 1. The Bertz CT molecular complexity index is 397. The van der Waals surface area contributed by atoms with Crippen LogP contribution >= 0.6 is 0 Å². The zero-order valence-electron chi connectivity index (χ0n) is 12.3. The summed E-state index contributed by atoms with van der Waals surface area (Å²) in [6.45, 7) is 7.79. The number of nitrogens with zero attached hydrogens (tertiary/aromatic N) is 3. The van der Waals surface area contributed by atoms with Crippen LogP contribution in [0.15, 0.2) is 18.3 Å². The molecule has 2 heterocycles. The molecule has 2 rings (SSSR count). The van der Waals surface area contributed by atoms with Gasteiger partial charge < -0.3 is 15.5 Å². The molecule has 4 nitrogen and oxygen atoms in total. The van der Waals surface area contributed by atoms with Gasteiger partial charge in [-0.3, -0.25) is 0 Å². The predicted octanol–water partition coefficient (Wildman–Crippen LogP) is 2.02. The van der Waals surface area contributed by atoms with Crippen LogP contribution in [0.3, 0.4) is 0 Å². The summed E-state index contributed by atoms with van der Waals surface area (Å²) in [6.07, 6.45) is 4.28. The number of aromatic nitrogens is 1. The van der Waals surface area contributed by atoms with E-state index in [1.807, 2.05) is 19.2 Å². The molecular formula is C15H26N4. The van der Waals surface area contributed by atoms with Crippen LogP contribution in [0.1, 0.15) is 38.3 Å². The summed E-state index contributed by atoms with van der Waals surface area (Å²) >= 11 is 0. The zero-order valence-corrected chi connectivity index (χ0v) is 12.3. The van der Waals surface area contributed by atoms with Crippen molar-refractivity contribution in [2.45, 2.75) is 38.8 Å². The number of anilines is 1. The first-order valence-corrected chi connectivity index (χ1v) is 7.29. The average molecular weight is 262 g/mol. The highest BCUT2D eigenvalue weighted by molar-refractivity contribution is 5.48. The van der Waals surface area contributed by atoms with Gasteiger partial charge in [-0.2, -0.15) is 0 Å². The summed E-state index contributed by atoms with van der Waals surface area (Å²) in [5.74, 6) is 1.05. The third kappa shape index (κ3) is 3.25. The second kappa shape index (κ2) is 6.35. The van der Waals surface area contributed by atoms with Crippen LogP contribution in [0.4, 0.5) is 5.82 Å². The highest BCUT2D eigenvalue weighted by Crippen LogP contribution is 2.26. The summed E-state index contributed by atoms with van der Waals surface area (Å²) < 4.78 is 0. The Balaban J connectivity index is 2.10. The van der Waals surface area contributed by atoms with Crippen LogP contribution in [0.5, 0.6) is 0 Å². The van der Waals surface area contributed by atoms with Crippen molar-refractivity contribution >= 4 is 5.82 Å². The van der Waals surface area contributed by atoms with Crippen molar-refractivity contribution in [1.29, 1.82) is 0 Å². The van der Waals surface area contributed by atoms with Crippen molar-refractivity contribution < 1.29 is 0 Å². The zero-order chi connectivity index (χ0) is 13.8. The van der Waals surface area contributed by atoms with Crippen LogP contribution in [0.25, 0.3) is 0 Å². The summed E-state index contributed by atoms with van der Waals surface area (Å²) in [5.41, 5.74) is 7.19. The minimum Gasteiger partial charge on any atom is -0.356 e. The van der Waals surface area contributed by atoms with Crippen LogP contribution in [-0.4, -0.2) is 42.6 Å². The largest absolute Gasteiger partial charge is 0.356 e. The van der Waals surface area contributed by atoms with E-state index in [9.17, 15) is 0 Å². The quantitative estimate of drug-likeness (QED) is 0.902. The maximum atomic E-state index is 6.05. The number of hydrogen-bond donors (Lipinski definition) is 1. The molecule has 0 aromatic carbocycles. The first-order valence-electron chi connectivity index (χ1n) is 7.29. The Kier molecular flexibility index (Phi) is 4.77. The fourth-order valence-electron chi connectivity index (χ4n) is 2.86. The van der Waals surface area contributed by atoms with E-state index in [0.717, 1.165) is 17.9 Å². The lowest BCUT2D eigenvalue weighted by Gasteiger charge is -2.37. The van der Waals surface area contributed by atoms with E-state index in [4.69, 9.17) is 5.73 Å². The Morgan fingerprint density at radius 3 is 2.74 bits per heavy atom. The SMILES string of the molecule is CCN1CCC(N(C)c2ncccc2[C@H](C)N)CC1. The third-order valence-electron chi connectivity index (χ3n) is 4.19. The first-order chi connectivity index (χ1) is 9.13. The maximum absolute atomic E-state index is 6.05. The molecule has 1 aromatic rings. The lowest BCUT2D eigenvalue weighted by Crippen LogP contribution is -2.44. The number of hydrogen-bond acceptors (Lipinski definition) is 4. The lowest BCUT2D eigenvalue weighted by molar-refractivity contribution is 0.220. The Morgan fingerprint density at radius 1 is 1.47 bits per heavy atom. The van der Waals surface area contributed by atoms with Crippen LogP contribution < -0.4 is 10.6 Å². The normalized spacial score (nSPS) is 19.4. The smallest absolute Gasteiger partial charge is 0.133 e. The van der Waals surface area contributed by atoms with E-state index in [1.54, 1.807) is 0 Å². The van der Waals surface area contributed by atoms with Gasteiger partial charge in [0.05, 0.1) is 0 Å². The number of pyridine rings is 1. The van der Waals surface area contributed by atoms with Gasteiger partial charge in [-0.15, -0.1) is 0 Å². The summed E-state index contributed by atoms with van der Waals surface area (Å²) in [6, 6.07) is 4.66. The minimum absolute atomic E-state index is 0.0295. The van der Waals surface area contributed by atoms with Crippen molar-refractivity contribution in [3.8, 4) is 0 Å². The maximum Gasteiger partial charge on any atom is 0.133 e. The van der Waals surface area contributed by atoms with Crippen molar-refractivity contribution in [2.75, 3.05) is 31.6 Å². The van der Waals surface area contributed by atoms with Gasteiger partial charge in [0.2, 0.25) is 0 Å². The summed E-state index contributed by atoms with van der Waals surface area (Å²) in [4.78, 5) is 9.38. The highest BCUT2D eigenvalue weighted by Gasteiger charge is 2.24. The van der Waals surface area contributed by atoms with Crippen molar-refractivity contribution in [3.05, 3.63) is 23.9 Å². The molecule has 4 heteroatoms. The summed E-state index contributed by atoms with van der Waals surface area (Å²) in [5, 5.41) is 0. The molecular weight excluding hydrogens is 236 g/mol. The molecule has 106 valence electrons. The van der Waals surface area contributed by atoms with E-state index >= 15 is 0 Å². The van der Waals surface area contributed by atoms with Gasteiger partial charge in [0.1, 0.15) is 5.82 Å². The fraction of sp³-hybridized carbons (Fsp3) is 0.667. The molecule has 19 heavy (non-hydrogen) atoms. The van der Waals surface area contributed by atoms with Crippen LogP contribution in [0, 0.1) is 0 Å². The van der Waals surface area contributed by atoms with E-state index in [1.165, 1.54) is 25.9 Å². The second-order valence-electron chi connectivity index (χ2n) is 5.48. The van der Waals surface area contributed by atoms with E-state index in [2.05, 4.69) is 34.8 Å².